The Morgan fingerprint density at radius 2 is 1.85 bits per heavy atom. The third kappa shape index (κ3) is 5.55. The molecule has 1 atom stereocenters. The van der Waals surface area contributed by atoms with Gasteiger partial charge in [0.2, 0.25) is 0 Å². The molecule has 272 valence electrons. The van der Waals surface area contributed by atoms with Crippen LogP contribution < -0.4 is 15.0 Å². The van der Waals surface area contributed by atoms with Gasteiger partial charge in [0.05, 0.1) is 29.8 Å². The van der Waals surface area contributed by atoms with E-state index in [9.17, 15) is 5.11 Å². The standard InChI is InChI=1S/C39H44F2N8O3/c1-3-12-43-39(23-52-39)31-18-25-21-47(13-7-16-49(25)46-31)36-29-20-42-34(28-19-26(50)17-24-8-9-30(40)27(4-2)32(24)28)33(41)35(29)44-37(45-36)51-22-38-10-5-14-48(38)15-6-11-38/h8-9,17-20,43,50H,3-7,10-16,21-23H2,1-2H3. The van der Waals surface area contributed by atoms with Crippen molar-refractivity contribution in [3.05, 3.63) is 65.1 Å². The number of rotatable bonds is 10. The average molecular weight is 711 g/mol. The van der Waals surface area contributed by atoms with Crippen molar-refractivity contribution < 1.29 is 23.4 Å². The SMILES string of the molecule is CCCNC1(c2cc3n(n2)CCCN(c2nc(OCC45CCCN4CCC5)nc4c(F)c(-c5cc(O)cc6ccc(F)c(CC)c56)ncc24)C3)CO1. The van der Waals surface area contributed by atoms with Crippen LogP contribution in [-0.4, -0.2) is 79.7 Å². The van der Waals surface area contributed by atoms with E-state index in [0.29, 0.717) is 65.8 Å². The molecule has 3 fully saturated rings. The van der Waals surface area contributed by atoms with Crippen LogP contribution in [0.25, 0.3) is 32.9 Å². The maximum Gasteiger partial charge on any atom is 0.319 e. The normalized spacial score (nSPS) is 21.1. The average Bonchev–Trinajstić information content (AvgIpc) is 3.51. The number of aryl methyl sites for hydroxylation is 2. The van der Waals surface area contributed by atoms with E-state index in [2.05, 4.69) is 33.1 Å². The molecule has 0 bridgehead atoms. The number of benzene rings is 2. The predicted molar refractivity (Wildman–Crippen MR) is 193 cm³/mol. The lowest BCUT2D eigenvalue weighted by atomic mass is 9.94. The highest BCUT2D eigenvalue weighted by molar-refractivity contribution is 6.01. The number of pyridine rings is 1. The van der Waals surface area contributed by atoms with Crippen LogP contribution in [0, 0.1) is 11.6 Å². The highest BCUT2D eigenvalue weighted by atomic mass is 19.1. The summed E-state index contributed by atoms with van der Waals surface area (Å²) in [6.07, 6.45) is 8.10. The van der Waals surface area contributed by atoms with Crippen molar-refractivity contribution in [3.8, 4) is 23.0 Å². The lowest BCUT2D eigenvalue weighted by Gasteiger charge is -2.31. The van der Waals surface area contributed by atoms with Crippen LogP contribution in [0.3, 0.4) is 0 Å². The minimum atomic E-state index is -0.678. The molecule has 4 aliphatic heterocycles. The molecule has 52 heavy (non-hydrogen) atoms. The minimum absolute atomic E-state index is 0.0199. The van der Waals surface area contributed by atoms with Crippen LogP contribution in [0.15, 0.2) is 36.5 Å². The molecule has 0 aliphatic carbocycles. The molecule has 1 unspecified atom stereocenters. The Balaban J connectivity index is 1.15. The van der Waals surface area contributed by atoms with Gasteiger partial charge in [0.25, 0.3) is 0 Å². The largest absolute Gasteiger partial charge is 0.508 e. The van der Waals surface area contributed by atoms with Gasteiger partial charge in [0.1, 0.15) is 40.9 Å². The molecule has 4 aliphatic rings. The highest BCUT2D eigenvalue weighted by Crippen LogP contribution is 2.42. The van der Waals surface area contributed by atoms with E-state index in [0.717, 1.165) is 76.1 Å². The zero-order valence-corrected chi connectivity index (χ0v) is 29.7. The van der Waals surface area contributed by atoms with Crippen molar-refractivity contribution in [2.45, 2.75) is 83.1 Å². The maximum atomic E-state index is 17.1. The summed E-state index contributed by atoms with van der Waals surface area (Å²) in [4.78, 5) is 19.0. The molecule has 3 saturated heterocycles. The summed E-state index contributed by atoms with van der Waals surface area (Å²) in [5.74, 6) is -0.600. The molecule has 3 aromatic heterocycles. The van der Waals surface area contributed by atoms with Crippen molar-refractivity contribution >= 4 is 27.5 Å². The molecule has 5 aromatic rings. The van der Waals surface area contributed by atoms with E-state index in [4.69, 9.17) is 24.5 Å². The maximum absolute atomic E-state index is 17.1. The Morgan fingerprint density at radius 1 is 1.02 bits per heavy atom. The van der Waals surface area contributed by atoms with Crippen molar-refractivity contribution in [1.82, 2.24) is 34.9 Å². The fraction of sp³-hybridized carbons (Fsp3) is 0.487. The fourth-order valence-electron chi connectivity index (χ4n) is 8.79. The number of fused-ring (bicyclic) bond motifs is 4. The van der Waals surface area contributed by atoms with E-state index in [-0.39, 0.29) is 34.3 Å². The molecular formula is C39H44F2N8O3. The molecular weight excluding hydrogens is 666 g/mol. The molecule has 2 N–H and O–H groups in total. The smallest absolute Gasteiger partial charge is 0.319 e. The number of epoxide rings is 1. The Bertz CT molecular complexity index is 2180. The predicted octanol–water partition coefficient (Wildman–Crippen LogP) is 6.19. The summed E-state index contributed by atoms with van der Waals surface area (Å²) in [5.41, 5.74) is 2.05. The molecule has 0 radical (unpaired) electrons. The van der Waals surface area contributed by atoms with E-state index < -0.39 is 11.5 Å². The van der Waals surface area contributed by atoms with Gasteiger partial charge in [-0.3, -0.25) is 19.9 Å². The summed E-state index contributed by atoms with van der Waals surface area (Å²) in [6, 6.07) is 8.19. The van der Waals surface area contributed by atoms with Gasteiger partial charge >= 0.3 is 6.01 Å². The molecule has 2 aromatic carbocycles. The topological polar surface area (TPSA) is 117 Å². The molecule has 0 amide bonds. The second-order valence-electron chi connectivity index (χ2n) is 14.8. The number of anilines is 1. The number of phenolic OH excluding ortho intramolecular Hbond substituents is 1. The van der Waals surface area contributed by atoms with E-state index in [1.165, 1.54) is 12.1 Å². The third-order valence-corrected chi connectivity index (χ3v) is 11.5. The number of aromatic hydroxyl groups is 1. The Kier molecular flexibility index (Phi) is 8.27. The second kappa shape index (κ2) is 12.9. The first-order valence-electron chi connectivity index (χ1n) is 18.7. The fourth-order valence-corrected chi connectivity index (χ4v) is 8.79. The lowest BCUT2D eigenvalue weighted by molar-refractivity contribution is 0.108. The van der Waals surface area contributed by atoms with Crippen molar-refractivity contribution in [2.24, 2.45) is 0 Å². The summed E-state index contributed by atoms with van der Waals surface area (Å²) in [5, 5.41) is 20.7. The molecule has 0 saturated carbocycles. The summed E-state index contributed by atoms with van der Waals surface area (Å²) >= 11 is 0. The number of ether oxygens (including phenoxy) is 2. The zero-order chi connectivity index (χ0) is 35.6. The van der Waals surface area contributed by atoms with E-state index >= 15 is 8.78 Å². The first kappa shape index (κ1) is 33.4. The van der Waals surface area contributed by atoms with Gasteiger partial charge in [-0.1, -0.05) is 19.9 Å². The lowest BCUT2D eigenvalue weighted by Crippen LogP contribution is -2.43. The van der Waals surface area contributed by atoms with Gasteiger partial charge < -0.3 is 19.5 Å². The van der Waals surface area contributed by atoms with E-state index in [1.54, 1.807) is 18.3 Å². The molecule has 7 heterocycles. The first-order valence-corrected chi connectivity index (χ1v) is 18.7. The molecule has 11 nitrogen and oxygen atoms in total. The summed E-state index contributed by atoms with van der Waals surface area (Å²) in [6.45, 7) is 9.78. The minimum Gasteiger partial charge on any atom is -0.508 e. The zero-order valence-electron chi connectivity index (χ0n) is 29.7. The number of hydrogen-bond acceptors (Lipinski definition) is 10. The van der Waals surface area contributed by atoms with Crippen molar-refractivity contribution in [1.29, 1.82) is 0 Å². The summed E-state index contributed by atoms with van der Waals surface area (Å²) < 4.78 is 46.6. The van der Waals surface area contributed by atoms with Crippen molar-refractivity contribution in [3.63, 3.8) is 0 Å². The molecule has 0 spiro atoms. The number of nitrogens with one attached hydrogen (secondary N) is 1. The number of hydrogen-bond donors (Lipinski definition) is 2. The summed E-state index contributed by atoms with van der Waals surface area (Å²) in [7, 11) is 0. The Hall–Kier alpha value is -4.46. The van der Waals surface area contributed by atoms with Gasteiger partial charge in [-0.25, -0.2) is 8.78 Å². The van der Waals surface area contributed by atoms with Crippen LogP contribution in [-0.2, 0) is 30.0 Å². The van der Waals surface area contributed by atoms with Gasteiger partial charge in [-0.15, -0.1) is 0 Å². The van der Waals surface area contributed by atoms with Gasteiger partial charge in [0, 0.05) is 24.8 Å². The van der Waals surface area contributed by atoms with Gasteiger partial charge in [0.15, 0.2) is 11.5 Å². The van der Waals surface area contributed by atoms with Crippen LogP contribution in [0.5, 0.6) is 11.8 Å². The highest BCUT2D eigenvalue weighted by Gasteiger charge is 2.49. The van der Waals surface area contributed by atoms with Crippen LogP contribution >= 0.6 is 0 Å². The molecule has 13 heteroatoms. The Labute approximate surface area is 301 Å². The first-order chi connectivity index (χ1) is 25.3. The van der Waals surface area contributed by atoms with Crippen LogP contribution in [0.2, 0.25) is 0 Å². The third-order valence-electron chi connectivity index (χ3n) is 11.5. The quantitative estimate of drug-likeness (QED) is 0.163. The van der Waals surface area contributed by atoms with Crippen LogP contribution in [0.1, 0.15) is 69.3 Å². The van der Waals surface area contributed by atoms with Gasteiger partial charge in [-0.05, 0) is 105 Å². The monoisotopic (exact) mass is 710 g/mol. The van der Waals surface area contributed by atoms with E-state index in [1.807, 2.05) is 11.6 Å². The number of aromatic nitrogens is 5. The number of halogens is 2. The Morgan fingerprint density at radius 3 is 2.62 bits per heavy atom. The van der Waals surface area contributed by atoms with Gasteiger partial charge in [-0.2, -0.15) is 15.1 Å². The molecule has 9 rings (SSSR count). The van der Waals surface area contributed by atoms with Crippen molar-refractivity contribution in [2.75, 3.05) is 44.3 Å². The number of nitrogens with zero attached hydrogens (tertiary/aromatic N) is 7. The second-order valence-corrected chi connectivity index (χ2v) is 14.8. The van der Waals surface area contributed by atoms with Crippen LogP contribution in [0.4, 0.5) is 14.6 Å². The number of phenols is 1.